The van der Waals surface area contributed by atoms with Crippen molar-refractivity contribution in [1.29, 1.82) is 0 Å². The maximum Gasteiger partial charge on any atom is 0.338 e. The Labute approximate surface area is 151 Å². The summed E-state index contributed by atoms with van der Waals surface area (Å²) in [4.78, 5) is 38.2. The quantitative estimate of drug-likeness (QED) is 0.435. The van der Waals surface area contributed by atoms with Crippen LogP contribution in [0.25, 0.3) is 0 Å². The van der Waals surface area contributed by atoms with E-state index in [1.807, 2.05) is 30.3 Å². The van der Waals surface area contributed by atoms with Gasteiger partial charge in [0.05, 0.1) is 16.7 Å². The zero-order chi connectivity index (χ0) is 18.5. The van der Waals surface area contributed by atoms with Crippen molar-refractivity contribution in [2.24, 2.45) is 0 Å². The summed E-state index contributed by atoms with van der Waals surface area (Å²) in [6, 6.07) is 13.8. The molecule has 0 radical (unpaired) electrons. The number of amides is 2. The lowest BCUT2D eigenvalue weighted by molar-refractivity contribution is 0.0472. The van der Waals surface area contributed by atoms with Crippen molar-refractivity contribution in [2.75, 3.05) is 20.3 Å². The summed E-state index contributed by atoms with van der Waals surface area (Å²) in [5.74, 6) is -1.26. The van der Waals surface area contributed by atoms with E-state index in [0.717, 1.165) is 5.56 Å². The smallest absolute Gasteiger partial charge is 0.338 e. The van der Waals surface area contributed by atoms with E-state index in [4.69, 9.17) is 9.47 Å². The van der Waals surface area contributed by atoms with Crippen LogP contribution in [0.15, 0.2) is 48.5 Å². The number of carbonyl (C=O) groups excluding carboxylic acids is 3. The molecule has 2 aromatic rings. The summed E-state index contributed by atoms with van der Waals surface area (Å²) in [7, 11) is 1.57. The number of carbonyl (C=O) groups is 3. The van der Waals surface area contributed by atoms with Crippen LogP contribution in [0.5, 0.6) is 0 Å². The van der Waals surface area contributed by atoms with Crippen molar-refractivity contribution in [1.82, 2.24) is 4.90 Å². The summed E-state index contributed by atoms with van der Waals surface area (Å²) in [5, 5.41) is 0. The predicted molar refractivity (Wildman–Crippen MR) is 93.9 cm³/mol. The monoisotopic (exact) mass is 353 g/mol. The molecule has 0 fully saturated rings. The van der Waals surface area contributed by atoms with E-state index in [9.17, 15) is 14.4 Å². The molecule has 0 saturated carbocycles. The van der Waals surface area contributed by atoms with Gasteiger partial charge in [-0.2, -0.15) is 0 Å². The van der Waals surface area contributed by atoms with E-state index < -0.39 is 5.97 Å². The molecule has 0 spiro atoms. The molecular formula is C20H19NO5. The number of benzene rings is 2. The van der Waals surface area contributed by atoms with Crippen LogP contribution in [-0.2, 0) is 16.1 Å². The van der Waals surface area contributed by atoms with Crippen LogP contribution >= 0.6 is 0 Å². The van der Waals surface area contributed by atoms with Crippen molar-refractivity contribution in [2.45, 2.75) is 13.0 Å². The molecule has 0 aromatic heterocycles. The third kappa shape index (κ3) is 3.65. The standard InChI is InChI=1S/C20H19NO5/c1-25-11-5-10-21-18(22)16-9-8-15(12-17(16)19(21)23)20(24)26-13-14-6-3-2-4-7-14/h2-4,6-9,12H,5,10-11,13H2,1H3. The van der Waals surface area contributed by atoms with Crippen molar-refractivity contribution in [3.05, 3.63) is 70.8 Å². The maximum atomic E-state index is 12.5. The Morgan fingerprint density at radius 2 is 1.73 bits per heavy atom. The molecule has 0 bridgehead atoms. The molecule has 0 N–H and O–H groups in total. The lowest BCUT2D eigenvalue weighted by Crippen LogP contribution is -2.31. The highest BCUT2D eigenvalue weighted by Gasteiger charge is 2.35. The number of imide groups is 1. The number of rotatable bonds is 7. The molecule has 1 aliphatic rings. The highest BCUT2D eigenvalue weighted by molar-refractivity contribution is 6.21. The maximum absolute atomic E-state index is 12.5. The minimum absolute atomic E-state index is 0.146. The molecule has 6 heteroatoms. The first kappa shape index (κ1) is 17.8. The largest absolute Gasteiger partial charge is 0.457 e. The highest BCUT2D eigenvalue weighted by atomic mass is 16.5. The molecule has 134 valence electrons. The van der Waals surface area contributed by atoms with Gasteiger partial charge >= 0.3 is 5.97 Å². The topological polar surface area (TPSA) is 72.9 Å². The average molecular weight is 353 g/mol. The fourth-order valence-electron chi connectivity index (χ4n) is 2.79. The van der Waals surface area contributed by atoms with Crippen LogP contribution in [0.4, 0.5) is 0 Å². The Bertz CT molecular complexity index is 831. The molecule has 0 unspecified atom stereocenters. The molecule has 0 saturated heterocycles. The van der Waals surface area contributed by atoms with Crippen molar-refractivity contribution >= 4 is 17.8 Å². The van der Waals surface area contributed by atoms with Crippen molar-refractivity contribution in [3.8, 4) is 0 Å². The van der Waals surface area contributed by atoms with Gasteiger partial charge in [-0.15, -0.1) is 0 Å². The van der Waals surface area contributed by atoms with Crippen molar-refractivity contribution in [3.63, 3.8) is 0 Å². The average Bonchev–Trinajstić information content (AvgIpc) is 2.91. The Hall–Kier alpha value is -2.99. The van der Waals surface area contributed by atoms with Crippen LogP contribution in [0.1, 0.15) is 43.1 Å². The number of fused-ring (bicyclic) bond motifs is 1. The predicted octanol–water partition coefficient (Wildman–Crippen LogP) is 2.68. The highest BCUT2D eigenvalue weighted by Crippen LogP contribution is 2.24. The van der Waals surface area contributed by atoms with Gasteiger partial charge in [0.2, 0.25) is 0 Å². The summed E-state index contributed by atoms with van der Waals surface area (Å²) < 4.78 is 10.2. The van der Waals surface area contributed by atoms with Crippen LogP contribution in [0, 0.1) is 0 Å². The molecule has 1 heterocycles. The zero-order valence-corrected chi connectivity index (χ0v) is 14.4. The van der Waals surface area contributed by atoms with Crippen LogP contribution in [0.3, 0.4) is 0 Å². The van der Waals surface area contributed by atoms with Crippen LogP contribution in [0.2, 0.25) is 0 Å². The Kier molecular flexibility index (Phi) is 5.43. The lowest BCUT2D eigenvalue weighted by atomic mass is 10.1. The van der Waals surface area contributed by atoms with E-state index in [-0.39, 0.29) is 36.1 Å². The molecule has 2 aromatic carbocycles. The number of hydrogen-bond donors (Lipinski definition) is 0. The summed E-state index contributed by atoms with van der Waals surface area (Å²) >= 11 is 0. The fraction of sp³-hybridized carbons (Fsp3) is 0.250. The fourth-order valence-corrected chi connectivity index (χ4v) is 2.79. The van der Waals surface area contributed by atoms with Gasteiger partial charge in [0.25, 0.3) is 11.8 Å². The summed E-state index contributed by atoms with van der Waals surface area (Å²) in [6.07, 6.45) is 0.563. The Balaban J connectivity index is 1.70. The van der Waals surface area contributed by atoms with Gasteiger partial charge in [0.15, 0.2) is 0 Å². The number of nitrogens with zero attached hydrogens (tertiary/aromatic N) is 1. The second-order valence-electron chi connectivity index (χ2n) is 5.93. The first-order chi connectivity index (χ1) is 12.6. The third-order valence-corrected chi connectivity index (χ3v) is 4.15. The number of methoxy groups -OCH3 is 1. The number of hydrogen-bond acceptors (Lipinski definition) is 5. The SMILES string of the molecule is COCCCN1C(=O)c2ccc(C(=O)OCc3ccccc3)cc2C1=O. The number of ether oxygens (including phenoxy) is 2. The molecular weight excluding hydrogens is 334 g/mol. The Morgan fingerprint density at radius 1 is 1.00 bits per heavy atom. The van der Waals surface area contributed by atoms with E-state index in [2.05, 4.69) is 0 Å². The van der Waals surface area contributed by atoms with Crippen LogP contribution < -0.4 is 0 Å². The summed E-state index contributed by atoms with van der Waals surface area (Å²) in [5.41, 5.74) is 1.67. The molecule has 2 amide bonds. The van der Waals surface area contributed by atoms with E-state index in [1.165, 1.54) is 23.1 Å². The normalized spacial score (nSPS) is 13.0. The lowest BCUT2D eigenvalue weighted by Gasteiger charge is -2.12. The second kappa shape index (κ2) is 7.93. The van der Waals surface area contributed by atoms with Gasteiger partial charge in [0, 0.05) is 20.3 Å². The minimum atomic E-state index is -0.533. The first-order valence-corrected chi connectivity index (χ1v) is 8.32. The molecule has 3 rings (SSSR count). The van der Waals surface area contributed by atoms with Gasteiger partial charge in [0.1, 0.15) is 6.61 Å². The Morgan fingerprint density at radius 3 is 2.46 bits per heavy atom. The molecule has 26 heavy (non-hydrogen) atoms. The zero-order valence-electron chi connectivity index (χ0n) is 14.4. The first-order valence-electron chi connectivity index (χ1n) is 8.32. The summed E-state index contributed by atoms with van der Waals surface area (Å²) in [6.45, 7) is 0.894. The van der Waals surface area contributed by atoms with E-state index >= 15 is 0 Å². The molecule has 6 nitrogen and oxygen atoms in total. The molecule has 1 aliphatic heterocycles. The number of esters is 1. The van der Waals surface area contributed by atoms with Gasteiger partial charge < -0.3 is 9.47 Å². The minimum Gasteiger partial charge on any atom is -0.457 e. The molecule has 0 atom stereocenters. The van der Waals surface area contributed by atoms with Gasteiger partial charge in [-0.1, -0.05) is 30.3 Å². The van der Waals surface area contributed by atoms with Gasteiger partial charge in [-0.05, 0) is 30.2 Å². The van der Waals surface area contributed by atoms with Gasteiger partial charge in [-0.25, -0.2) is 4.79 Å². The van der Waals surface area contributed by atoms with Gasteiger partial charge in [-0.3, -0.25) is 14.5 Å². The molecule has 0 aliphatic carbocycles. The third-order valence-electron chi connectivity index (χ3n) is 4.15. The second-order valence-corrected chi connectivity index (χ2v) is 5.93. The van der Waals surface area contributed by atoms with E-state index in [1.54, 1.807) is 7.11 Å². The van der Waals surface area contributed by atoms with Crippen molar-refractivity contribution < 1.29 is 23.9 Å². The van der Waals surface area contributed by atoms with Crippen LogP contribution in [-0.4, -0.2) is 42.9 Å². The van der Waals surface area contributed by atoms with E-state index in [0.29, 0.717) is 18.6 Å².